The maximum absolute atomic E-state index is 13.0. The molecule has 4 heterocycles. The molecule has 0 bridgehead atoms. The number of ether oxygens (including phenoxy) is 2. The first kappa shape index (κ1) is 32.5. The van der Waals surface area contributed by atoms with Crippen LogP contribution in [-0.4, -0.2) is 104 Å². The first-order chi connectivity index (χ1) is 22.6. The van der Waals surface area contributed by atoms with Crippen LogP contribution in [0.5, 0.6) is 5.75 Å². The first-order valence-electron chi connectivity index (χ1n) is 15.4. The highest BCUT2D eigenvalue weighted by Crippen LogP contribution is 2.46. The Kier molecular flexibility index (Phi) is 9.46. The number of methoxy groups -OCH3 is 1. The summed E-state index contributed by atoms with van der Waals surface area (Å²) in [6.45, 7) is 4.54. The van der Waals surface area contributed by atoms with Crippen molar-refractivity contribution in [1.82, 2.24) is 29.5 Å². The molecule has 0 radical (unpaired) electrons. The van der Waals surface area contributed by atoms with Crippen molar-refractivity contribution in [3.8, 4) is 22.8 Å². The van der Waals surface area contributed by atoms with Crippen LogP contribution in [0.15, 0.2) is 67.0 Å². The minimum absolute atomic E-state index is 0.184. The molecular weight excluding hydrogens is 618 g/mol. The predicted octanol–water partition coefficient (Wildman–Crippen LogP) is 4.69. The lowest BCUT2D eigenvalue weighted by Crippen LogP contribution is -2.66. The number of carbonyl (C=O) groups excluding carboxylic acids is 1. The minimum atomic E-state index is -0.224. The Hall–Kier alpha value is -4.49. The number of rotatable bonds is 12. The van der Waals surface area contributed by atoms with Crippen molar-refractivity contribution in [3.05, 3.63) is 77.6 Å². The van der Waals surface area contributed by atoms with Gasteiger partial charge in [-0.1, -0.05) is 48.0 Å². The average Bonchev–Trinajstić information content (AvgIpc) is 3.40. The molecule has 1 spiro atoms. The molecule has 2 saturated heterocycles. The van der Waals surface area contributed by atoms with E-state index in [4.69, 9.17) is 31.2 Å². The monoisotopic (exact) mass is 657 g/mol. The summed E-state index contributed by atoms with van der Waals surface area (Å²) in [5, 5.41) is 11.6. The molecule has 0 saturated carbocycles. The number of aromatic nitrogens is 4. The van der Waals surface area contributed by atoms with Crippen molar-refractivity contribution < 1.29 is 14.3 Å². The van der Waals surface area contributed by atoms with Crippen LogP contribution in [0.25, 0.3) is 17.1 Å². The fraction of sp³-hybridized carbons (Fsp3) is 0.353. The molecule has 2 aromatic heterocycles. The normalized spacial score (nSPS) is 15.3. The zero-order valence-corrected chi connectivity index (χ0v) is 28.1. The Balaban J connectivity index is 1.32. The number of likely N-dealkylation sites (N-methyl/N-ethyl adjacent to an activating group) is 1. The van der Waals surface area contributed by atoms with Crippen LogP contribution < -0.4 is 20.3 Å². The summed E-state index contributed by atoms with van der Waals surface area (Å²) in [6, 6.07) is 13.8. The standard InChI is InChI=1S/C34H40ClN9O3/c1-41(2)13-9-12-30(45)37-26-14-27(29(46-5)15-28(26)43-19-34(20-43)21-47-22-34)38-33-36-16-25(35)32(39-33)44-18-24(17-42(3)4)31(40-44)23-10-7-6-8-11-23/h6-12,14-16,18H,13,17,19-22H2,1-5H3,(H,37,45)(H,36,38,39)/b12-9+. The molecule has 13 heteroatoms. The largest absolute Gasteiger partial charge is 0.494 e. The van der Waals surface area contributed by atoms with E-state index < -0.39 is 0 Å². The van der Waals surface area contributed by atoms with Crippen LogP contribution in [-0.2, 0) is 16.1 Å². The second-order valence-electron chi connectivity index (χ2n) is 12.6. The van der Waals surface area contributed by atoms with Crippen molar-refractivity contribution >= 4 is 40.5 Å². The fourth-order valence-electron chi connectivity index (χ4n) is 5.76. The Morgan fingerprint density at radius 2 is 1.87 bits per heavy atom. The van der Waals surface area contributed by atoms with E-state index >= 15 is 0 Å². The van der Waals surface area contributed by atoms with Gasteiger partial charge in [0.25, 0.3) is 0 Å². The molecule has 0 aliphatic carbocycles. The Labute approximate surface area is 279 Å². The van der Waals surface area contributed by atoms with Crippen LogP contribution in [0.4, 0.5) is 23.0 Å². The number of carbonyl (C=O) groups is 1. The van der Waals surface area contributed by atoms with Crippen molar-refractivity contribution in [3.63, 3.8) is 0 Å². The number of amides is 1. The molecule has 0 unspecified atom stereocenters. The second kappa shape index (κ2) is 13.7. The third kappa shape index (κ3) is 7.25. The van der Waals surface area contributed by atoms with Gasteiger partial charge in [-0.2, -0.15) is 10.1 Å². The summed E-state index contributed by atoms with van der Waals surface area (Å²) >= 11 is 6.65. The van der Waals surface area contributed by atoms with Crippen LogP contribution in [0.3, 0.4) is 0 Å². The quantitative estimate of drug-likeness (QED) is 0.208. The van der Waals surface area contributed by atoms with Crippen LogP contribution >= 0.6 is 11.6 Å². The summed E-state index contributed by atoms with van der Waals surface area (Å²) in [5.41, 5.74) is 5.16. The van der Waals surface area contributed by atoms with Crippen molar-refractivity contribution in [2.45, 2.75) is 6.54 Å². The number of halogens is 1. The summed E-state index contributed by atoms with van der Waals surface area (Å²) in [6.07, 6.45) is 6.86. The van der Waals surface area contributed by atoms with E-state index in [0.717, 1.165) is 48.8 Å². The van der Waals surface area contributed by atoms with E-state index in [1.54, 1.807) is 24.1 Å². The highest BCUT2D eigenvalue weighted by molar-refractivity contribution is 6.32. The van der Waals surface area contributed by atoms with Gasteiger partial charge in [0.1, 0.15) is 10.8 Å². The first-order valence-corrected chi connectivity index (χ1v) is 15.8. The van der Waals surface area contributed by atoms with Gasteiger partial charge < -0.3 is 34.8 Å². The third-order valence-corrected chi connectivity index (χ3v) is 8.30. The molecule has 0 atom stereocenters. The van der Waals surface area contributed by atoms with Gasteiger partial charge in [-0.3, -0.25) is 4.79 Å². The Bertz CT molecular complexity index is 1760. The molecule has 6 rings (SSSR count). The zero-order chi connectivity index (χ0) is 33.1. The minimum Gasteiger partial charge on any atom is -0.494 e. The van der Waals surface area contributed by atoms with Gasteiger partial charge in [0.05, 0.1) is 54.7 Å². The van der Waals surface area contributed by atoms with Gasteiger partial charge >= 0.3 is 0 Å². The molecule has 246 valence electrons. The van der Waals surface area contributed by atoms with E-state index in [1.807, 2.05) is 87.8 Å². The maximum atomic E-state index is 13.0. The molecular formula is C34H40ClN9O3. The maximum Gasteiger partial charge on any atom is 0.248 e. The second-order valence-corrected chi connectivity index (χ2v) is 13.0. The predicted molar refractivity (Wildman–Crippen MR) is 185 cm³/mol. The number of hydrogen-bond donors (Lipinski definition) is 2. The average molecular weight is 658 g/mol. The molecule has 12 nitrogen and oxygen atoms in total. The molecule has 2 aliphatic rings. The van der Waals surface area contributed by atoms with Crippen LogP contribution in [0.1, 0.15) is 5.56 Å². The summed E-state index contributed by atoms with van der Waals surface area (Å²) in [5.74, 6) is 1.07. The number of hydrogen-bond acceptors (Lipinski definition) is 10. The molecule has 2 aromatic carbocycles. The van der Waals surface area contributed by atoms with Crippen LogP contribution in [0, 0.1) is 5.41 Å². The molecule has 2 N–H and O–H groups in total. The fourth-order valence-corrected chi connectivity index (χ4v) is 5.94. The Morgan fingerprint density at radius 1 is 1.11 bits per heavy atom. The number of benzene rings is 2. The lowest BCUT2D eigenvalue weighted by molar-refractivity contribution is -0.127. The van der Waals surface area contributed by atoms with Crippen molar-refractivity contribution in [2.75, 3.05) is 83.7 Å². The van der Waals surface area contributed by atoms with Gasteiger partial charge in [-0.05, 0) is 34.3 Å². The lowest BCUT2D eigenvalue weighted by atomic mass is 9.77. The molecule has 2 fully saturated rings. The number of nitrogens with one attached hydrogen (secondary N) is 2. The van der Waals surface area contributed by atoms with Crippen LogP contribution in [0.2, 0.25) is 5.02 Å². The van der Waals surface area contributed by atoms with E-state index in [9.17, 15) is 4.79 Å². The molecule has 47 heavy (non-hydrogen) atoms. The highest BCUT2D eigenvalue weighted by atomic mass is 35.5. The van der Waals surface area contributed by atoms with Crippen molar-refractivity contribution in [2.24, 2.45) is 5.41 Å². The van der Waals surface area contributed by atoms with E-state index in [1.165, 1.54) is 0 Å². The lowest BCUT2D eigenvalue weighted by Gasteiger charge is -2.56. The summed E-state index contributed by atoms with van der Waals surface area (Å²) in [7, 11) is 9.55. The van der Waals surface area contributed by atoms with Gasteiger partial charge in [0.2, 0.25) is 11.9 Å². The zero-order valence-electron chi connectivity index (χ0n) is 27.3. The van der Waals surface area contributed by atoms with Gasteiger partial charge in [0, 0.05) is 55.6 Å². The topological polar surface area (TPSA) is 113 Å². The number of anilines is 4. The summed E-state index contributed by atoms with van der Waals surface area (Å²) < 4.78 is 13.0. The van der Waals surface area contributed by atoms with Crippen molar-refractivity contribution in [1.29, 1.82) is 0 Å². The molecule has 1 amide bonds. The van der Waals surface area contributed by atoms with Gasteiger partial charge in [-0.25, -0.2) is 9.67 Å². The molecule has 4 aromatic rings. The SMILES string of the molecule is COc1cc(N2CC3(COC3)C2)c(NC(=O)/C=C/CN(C)C)cc1Nc1ncc(Cl)c(-n2cc(CN(C)C)c(-c3ccccc3)n2)n1. The summed E-state index contributed by atoms with van der Waals surface area (Å²) in [4.78, 5) is 28.5. The smallest absolute Gasteiger partial charge is 0.248 e. The highest BCUT2D eigenvalue weighted by Gasteiger charge is 2.49. The van der Waals surface area contributed by atoms with E-state index in [0.29, 0.717) is 47.0 Å². The number of nitrogens with zero attached hydrogens (tertiary/aromatic N) is 7. The van der Waals surface area contributed by atoms with Gasteiger partial charge in [-0.15, -0.1) is 0 Å². The molecule has 2 aliphatic heterocycles. The van der Waals surface area contributed by atoms with Gasteiger partial charge in [0.15, 0.2) is 5.82 Å². The van der Waals surface area contributed by atoms with E-state index in [2.05, 4.69) is 25.4 Å². The van der Waals surface area contributed by atoms with E-state index in [-0.39, 0.29) is 11.3 Å². The Morgan fingerprint density at radius 3 is 2.53 bits per heavy atom. The third-order valence-electron chi connectivity index (χ3n) is 8.04.